The summed E-state index contributed by atoms with van der Waals surface area (Å²) in [5.74, 6) is -0.518. The van der Waals surface area contributed by atoms with Crippen molar-refractivity contribution in [2.75, 3.05) is 0 Å². The third-order valence-electron chi connectivity index (χ3n) is 3.68. The first-order chi connectivity index (χ1) is 11.5. The van der Waals surface area contributed by atoms with Gasteiger partial charge in [0.05, 0.1) is 10.0 Å². The summed E-state index contributed by atoms with van der Waals surface area (Å²) in [6.45, 7) is 0. The van der Waals surface area contributed by atoms with Crippen molar-refractivity contribution < 1.29 is 14.6 Å². The first kappa shape index (κ1) is 16.6. The Morgan fingerprint density at radius 3 is 2.42 bits per heavy atom. The molecule has 0 unspecified atom stereocenters. The summed E-state index contributed by atoms with van der Waals surface area (Å²) in [6, 6.07) is 18.4. The monoisotopic (exact) mass is 360 g/mol. The van der Waals surface area contributed by atoms with E-state index in [1.54, 1.807) is 24.3 Å². The smallest absolute Gasteiger partial charge is 0.345 e. The number of aliphatic carboxylic acids is 1. The van der Waals surface area contributed by atoms with Gasteiger partial charge in [-0.25, -0.2) is 4.79 Å². The normalized spacial score (nSPS) is 12.1. The molecular formula is C19H14Cl2O3. The van der Waals surface area contributed by atoms with Crippen LogP contribution in [0.25, 0.3) is 10.8 Å². The molecular weight excluding hydrogens is 347 g/mol. The van der Waals surface area contributed by atoms with Crippen LogP contribution in [0.4, 0.5) is 0 Å². The van der Waals surface area contributed by atoms with E-state index in [1.807, 2.05) is 36.4 Å². The predicted octanol–water partition coefficient (Wildman–Crippen LogP) is 5.22. The zero-order valence-corrected chi connectivity index (χ0v) is 14.1. The van der Waals surface area contributed by atoms with Crippen LogP contribution in [0.5, 0.6) is 5.75 Å². The minimum Gasteiger partial charge on any atom is -0.478 e. The Morgan fingerprint density at radius 1 is 0.958 bits per heavy atom. The number of benzene rings is 3. The fourth-order valence-corrected chi connectivity index (χ4v) is 2.79. The van der Waals surface area contributed by atoms with Crippen molar-refractivity contribution in [2.45, 2.75) is 12.5 Å². The molecule has 3 aromatic rings. The molecule has 0 aliphatic rings. The minimum absolute atomic E-state index is 0.194. The fraction of sp³-hybridized carbons (Fsp3) is 0.105. The van der Waals surface area contributed by atoms with Gasteiger partial charge in [0.15, 0.2) is 6.10 Å². The molecule has 0 saturated carbocycles. The number of hydrogen-bond acceptors (Lipinski definition) is 2. The number of rotatable bonds is 5. The lowest BCUT2D eigenvalue weighted by Gasteiger charge is -2.16. The van der Waals surface area contributed by atoms with E-state index < -0.39 is 12.1 Å². The number of hydrogen-bond donors (Lipinski definition) is 1. The molecule has 3 rings (SSSR count). The zero-order valence-electron chi connectivity index (χ0n) is 12.6. The van der Waals surface area contributed by atoms with E-state index in [9.17, 15) is 9.90 Å². The molecule has 1 N–H and O–H groups in total. The summed E-state index contributed by atoms with van der Waals surface area (Å²) in [6.07, 6.45) is -0.817. The number of ether oxygens (including phenoxy) is 1. The molecule has 0 bridgehead atoms. The van der Waals surface area contributed by atoms with Crippen LogP contribution < -0.4 is 4.74 Å². The molecule has 1 atom stereocenters. The highest BCUT2D eigenvalue weighted by Crippen LogP contribution is 2.25. The molecule has 24 heavy (non-hydrogen) atoms. The maximum Gasteiger partial charge on any atom is 0.345 e. The van der Waals surface area contributed by atoms with Crippen molar-refractivity contribution in [3.63, 3.8) is 0 Å². The summed E-state index contributed by atoms with van der Waals surface area (Å²) in [4.78, 5) is 11.5. The Bertz CT molecular complexity index is 893. The highest BCUT2D eigenvalue weighted by Gasteiger charge is 2.20. The standard InChI is InChI=1S/C19H14Cl2O3/c20-16-8-5-12(9-17(16)21)10-18(19(22)23)24-15-7-6-13-3-1-2-4-14(13)11-15/h1-9,11,18H,10H2,(H,22,23)/t18-/m0/s1. The molecule has 3 aromatic carbocycles. The lowest BCUT2D eigenvalue weighted by atomic mass is 10.1. The Hall–Kier alpha value is -2.23. The molecule has 0 aliphatic carbocycles. The van der Waals surface area contributed by atoms with Gasteiger partial charge in [-0.3, -0.25) is 0 Å². The molecule has 0 amide bonds. The number of carboxylic acid groups (broad SMARTS) is 1. The Balaban J connectivity index is 1.82. The van der Waals surface area contributed by atoms with Gasteiger partial charge >= 0.3 is 5.97 Å². The van der Waals surface area contributed by atoms with Crippen molar-refractivity contribution in [1.82, 2.24) is 0 Å². The first-order valence-electron chi connectivity index (χ1n) is 7.35. The molecule has 122 valence electrons. The quantitative estimate of drug-likeness (QED) is 0.678. The van der Waals surface area contributed by atoms with E-state index in [0.717, 1.165) is 16.3 Å². The summed E-state index contributed by atoms with van der Waals surface area (Å²) in [5, 5.41) is 12.3. The van der Waals surface area contributed by atoms with Crippen LogP contribution >= 0.6 is 23.2 Å². The predicted molar refractivity (Wildman–Crippen MR) is 96.2 cm³/mol. The van der Waals surface area contributed by atoms with E-state index in [4.69, 9.17) is 27.9 Å². The number of fused-ring (bicyclic) bond motifs is 1. The van der Waals surface area contributed by atoms with Gasteiger partial charge < -0.3 is 9.84 Å². The lowest BCUT2D eigenvalue weighted by molar-refractivity contribution is -0.145. The molecule has 0 aliphatic heterocycles. The van der Waals surface area contributed by atoms with Gasteiger partial charge in [0.25, 0.3) is 0 Å². The molecule has 3 nitrogen and oxygen atoms in total. The average Bonchev–Trinajstić information content (AvgIpc) is 2.57. The highest BCUT2D eigenvalue weighted by atomic mass is 35.5. The average molecular weight is 361 g/mol. The molecule has 0 heterocycles. The maximum atomic E-state index is 11.5. The second-order valence-corrected chi connectivity index (χ2v) is 6.22. The number of carboxylic acids is 1. The van der Waals surface area contributed by atoms with E-state index in [1.165, 1.54) is 0 Å². The van der Waals surface area contributed by atoms with Crippen molar-refractivity contribution in [3.05, 3.63) is 76.3 Å². The lowest BCUT2D eigenvalue weighted by Crippen LogP contribution is -2.29. The van der Waals surface area contributed by atoms with E-state index >= 15 is 0 Å². The molecule has 0 radical (unpaired) electrons. The first-order valence-corrected chi connectivity index (χ1v) is 8.11. The van der Waals surface area contributed by atoms with Gasteiger partial charge in [-0.05, 0) is 40.6 Å². The molecule has 0 aromatic heterocycles. The number of halogens is 2. The molecule has 0 saturated heterocycles. The van der Waals surface area contributed by atoms with Gasteiger partial charge in [0.2, 0.25) is 0 Å². The van der Waals surface area contributed by atoms with Gasteiger partial charge in [-0.2, -0.15) is 0 Å². The summed E-state index contributed by atoms with van der Waals surface area (Å²) in [5.41, 5.74) is 0.748. The SMILES string of the molecule is O=C(O)[C@H](Cc1ccc(Cl)c(Cl)c1)Oc1ccc2ccccc2c1. The largest absolute Gasteiger partial charge is 0.478 e. The third kappa shape index (κ3) is 3.81. The highest BCUT2D eigenvalue weighted by molar-refractivity contribution is 6.42. The summed E-state index contributed by atoms with van der Waals surface area (Å²) < 4.78 is 5.68. The fourth-order valence-electron chi connectivity index (χ4n) is 2.47. The Morgan fingerprint density at radius 2 is 1.71 bits per heavy atom. The van der Waals surface area contributed by atoms with Crippen LogP contribution in [0.1, 0.15) is 5.56 Å². The maximum absolute atomic E-state index is 11.5. The zero-order chi connectivity index (χ0) is 17.1. The van der Waals surface area contributed by atoms with Crippen molar-refractivity contribution in [1.29, 1.82) is 0 Å². The van der Waals surface area contributed by atoms with Crippen LogP contribution in [0.2, 0.25) is 10.0 Å². The van der Waals surface area contributed by atoms with Gasteiger partial charge in [0, 0.05) is 6.42 Å². The topological polar surface area (TPSA) is 46.5 Å². The van der Waals surface area contributed by atoms with E-state index in [2.05, 4.69) is 0 Å². The van der Waals surface area contributed by atoms with Gasteiger partial charge in [-0.15, -0.1) is 0 Å². The Labute approximate surface area is 149 Å². The Kier molecular flexibility index (Phi) is 4.93. The molecule has 0 fully saturated rings. The van der Waals surface area contributed by atoms with Crippen molar-refractivity contribution >= 4 is 39.9 Å². The van der Waals surface area contributed by atoms with Gasteiger partial charge in [0.1, 0.15) is 5.75 Å². The van der Waals surface area contributed by atoms with E-state index in [0.29, 0.717) is 15.8 Å². The van der Waals surface area contributed by atoms with Crippen molar-refractivity contribution in [2.24, 2.45) is 0 Å². The second kappa shape index (κ2) is 7.12. The van der Waals surface area contributed by atoms with Crippen molar-refractivity contribution in [3.8, 4) is 5.75 Å². The third-order valence-corrected chi connectivity index (χ3v) is 4.42. The minimum atomic E-state index is -1.03. The van der Waals surface area contributed by atoms with Crippen LogP contribution in [0.3, 0.4) is 0 Å². The second-order valence-electron chi connectivity index (χ2n) is 5.41. The van der Waals surface area contributed by atoms with Crippen LogP contribution in [-0.2, 0) is 11.2 Å². The van der Waals surface area contributed by atoms with Crippen LogP contribution in [0, 0.1) is 0 Å². The molecule has 5 heteroatoms. The summed E-state index contributed by atoms with van der Waals surface area (Å²) >= 11 is 11.9. The number of carbonyl (C=O) groups is 1. The van der Waals surface area contributed by atoms with E-state index in [-0.39, 0.29) is 6.42 Å². The molecule has 0 spiro atoms. The van der Waals surface area contributed by atoms with Crippen LogP contribution in [-0.4, -0.2) is 17.2 Å². The van der Waals surface area contributed by atoms with Crippen LogP contribution in [0.15, 0.2) is 60.7 Å². The summed E-state index contributed by atoms with van der Waals surface area (Å²) in [7, 11) is 0. The van der Waals surface area contributed by atoms with Gasteiger partial charge in [-0.1, -0.05) is 59.6 Å².